The van der Waals surface area contributed by atoms with E-state index in [1.165, 1.54) is 17.5 Å². The molecule has 0 atom stereocenters. The highest BCUT2D eigenvalue weighted by Crippen LogP contribution is 2.21. The summed E-state index contributed by atoms with van der Waals surface area (Å²) in [5, 5.41) is 1.54. The lowest BCUT2D eigenvalue weighted by Gasteiger charge is -2.16. The molecular formula is C18H22Br2Si. The first kappa shape index (κ1) is 17.0. The van der Waals surface area contributed by atoms with Crippen LogP contribution in [0.4, 0.5) is 0 Å². The predicted octanol–water partition coefficient (Wildman–Crippen LogP) is 5.93. The molecule has 0 aliphatic carbocycles. The van der Waals surface area contributed by atoms with Gasteiger partial charge in [0.15, 0.2) is 0 Å². The molecular weight excluding hydrogens is 404 g/mol. The topological polar surface area (TPSA) is 0 Å². The number of rotatable bonds is 5. The number of halogens is 2. The molecule has 0 nitrogen and oxygen atoms in total. The van der Waals surface area contributed by atoms with Crippen molar-refractivity contribution >= 4 is 45.1 Å². The molecule has 0 saturated heterocycles. The second kappa shape index (κ2) is 7.25. The van der Waals surface area contributed by atoms with Crippen LogP contribution in [0.25, 0.3) is 0 Å². The lowest BCUT2D eigenvalue weighted by atomic mass is 10.0. The summed E-state index contributed by atoms with van der Waals surface area (Å²) in [5.41, 5.74) is 2.83. The molecule has 0 aliphatic heterocycles. The first-order chi connectivity index (χ1) is 9.84. The molecule has 0 aliphatic rings. The number of benzene rings is 2. The Kier molecular flexibility index (Phi) is 5.86. The third kappa shape index (κ3) is 5.39. The van der Waals surface area contributed by atoms with E-state index in [2.05, 4.69) is 94.0 Å². The predicted molar refractivity (Wildman–Crippen MR) is 103 cm³/mol. The average molecular weight is 426 g/mol. The maximum atomic E-state index is 3.55. The summed E-state index contributed by atoms with van der Waals surface area (Å²) in [6, 6.07) is 15.8. The third-order valence-electron chi connectivity index (χ3n) is 3.67. The summed E-state index contributed by atoms with van der Waals surface area (Å²) in [6.45, 7) is 7.19. The first-order valence-electron chi connectivity index (χ1n) is 7.39. The van der Waals surface area contributed by atoms with Crippen LogP contribution in [0.2, 0.25) is 19.6 Å². The Morgan fingerprint density at radius 3 is 1.81 bits per heavy atom. The molecule has 0 bridgehead atoms. The van der Waals surface area contributed by atoms with Gasteiger partial charge >= 0.3 is 0 Å². The van der Waals surface area contributed by atoms with Crippen molar-refractivity contribution in [1.29, 1.82) is 0 Å². The number of hydrogen-bond donors (Lipinski definition) is 0. The van der Waals surface area contributed by atoms with E-state index >= 15 is 0 Å². The Bertz CT molecular complexity index is 577. The Labute approximate surface area is 146 Å². The van der Waals surface area contributed by atoms with Crippen LogP contribution in [0.5, 0.6) is 0 Å². The highest BCUT2D eigenvalue weighted by Gasteiger charge is 2.15. The first-order valence-corrected chi connectivity index (χ1v) is 12.5. The molecule has 0 aromatic heterocycles. The minimum absolute atomic E-state index is 1.12. The van der Waals surface area contributed by atoms with E-state index in [0.29, 0.717) is 0 Å². The van der Waals surface area contributed by atoms with E-state index in [1.807, 2.05) is 0 Å². The summed E-state index contributed by atoms with van der Waals surface area (Å²) in [5.74, 6) is 0. The van der Waals surface area contributed by atoms with Crippen molar-refractivity contribution < 1.29 is 0 Å². The molecule has 3 heteroatoms. The van der Waals surface area contributed by atoms with Crippen molar-refractivity contribution in [2.75, 3.05) is 0 Å². The molecule has 0 N–H and O–H groups in total. The van der Waals surface area contributed by atoms with Gasteiger partial charge in [-0.3, -0.25) is 0 Å². The molecule has 2 aromatic rings. The molecule has 2 aromatic carbocycles. The Hall–Kier alpha value is -0.383. The van der Waals surface area contributed by atoms with Crippen LogP contribution >= 0.6 is 31.9 Å². The summed E-state index contributed by atoms with van der Waals surface area (Å²) in [6.07, 6.45) is 3.46. The van der Waals surface area contributed by atoms with Gasteiger partial charge in [0.2, 0.25) is 0 Å². The fraction of sp³-hybridized carbons (Fsp3) is 0.333. The van der Waals surface area contributed by atoms with Gasteiger partial charge in [-0.05, 0) is 48.6 Å². The molecule has 0 heterocycles. The summed E-state index contributed by atoms with van der Waals surface area (Å²) < 4.78 is 2.29. The van der Waals surface area contributed by atoms with Gasteiger partial charge in [-0.1, -0.05) is 81.0 Å². The molecule has 0 unspecified atom stereocenters. The van der Waals surface area contributed by atoms with Crippen LogP contribution < -0.4 is 5.19 Å². The third-order valence-corrected chi connectivity index (χ3v) is 6.65. The fourth-order valence-corrected chi connectivity index (χ4v) is 4.98. The van der Waals surface area contributed by atoms with E-state index in [-0.39, 0.29) is 0 Å². The standard InChI is InChI=1S/C18H22Br2Si/c1-21(2,3)18-9-7-14(8-10-18)5-4-6-15-11-16(19)13-17(20)12-15/h7-13H,4-6H2,1-3H3. The van der Waals surface area contributed by atoms with Gasteiger partial charge < -0.3 is 0 Å². The molecule has 0 amide bonds. The highest BCUT2D eigenvalue weighted by atomic mass is 79.9. The van der Waals surface area contributed by atoms with Crippen LogP contribution in [0.3, 0.4) is 0 Å². The normalized spacial score (nSPS) is 11.7. The molecule has 0 saturated carbocycles. The van der Waals surface area contributed by atoms with E-state index in [4.69, 9.17) is 0 Å². The van der Waals surface area contributed by atoms with Crippen LogP contribution in [0.15, 0.2) is 51.4 Å². The average Bonchev–Trinajstić information content (AvgIpc) is 2.37. The highest BCUT2D eigenvalue weighted by molar-refractivity contribution is 9.11. The molecule has 21 heavy (non-hydrogen) atoms. The second-order valence-corrected chi connectivity index (χ2v) is 13.5. The SMILES string of the molecule is C[Si](C)(C)c1ccc(CCCc2cc(Br)cc(Br)c2)cc1. The lowest BCUT2D eigenvalue weighted by Crippen LogP contribution is -2.37. The van der Waals surface area contributed by atoms with Gasteiger partial charge in [-0.25, -0.2) is 0 Å². The quantitative estimate of drug-likeness (QED) is 0.520. The van der Waals surface area contributed by atoms with Gasteiger partial charge in [-0.15, -0.1) is 0 Å². The molecule has 112 valence electrons. The zero-order valence-corrected chi connectivity index (χ0v) is 17.1. The van der Waals surface area contributed by atoms with Crippen molar-refractivity contribution in [2.24, 2.45) is 0 Å². The summed E-state index contributed by atoms with van der Waals surface area (Å²) in [7, 11) is -1.16. The van der Waals surface area contributed by atoms with Crippen molar-refractivity contribution in [3.63, 3.8) is 0 Å². The second-order valence-electron chi connectivity index (χ2n) is 6.58. The van der Waals surface area contributed by atoms with Gasteiger partial charge in [0.25, 0.3) is 0 Å². The van der Waals surface area contributed by atoms with E-state index in [0.717, 1.165) is 21.8 Å². The summed E-state index contributed by atoms with van der Waals surface area (Å²) >= 11 is 7.10. The minimum Gasteiger partial charge on any atom is -0.0656 e. The molecule has 2 rings (SSSR count). The van der Waals surface area contributed by atoms with Crippen LogP contribution in [-0.4, -0.2) is 8.07 Å². The number of aryl methyl sites for hydroxylation is 2. The van der Waals surface area contributed by atoms with E-state index in [9.17, 15) is 0 Å². The van der Waals surface area contributed by atoms with Gasteiger partial charge in [-0.2, -0.15) is 0 Å². The maximum Gasteiger partial charge on any atom is 0.0775 e. The largest absolute Gasteiger partial charge is 0.0775 e. The van der Waals surface area contributed by atoms with Gasteiger partial charge in [0, 0.05) is 8.95 Å². The fourth-order valence-electron chi connectivity index (χ4n) is 2.42. The summed E-state index contributed by atoms with van der Waals surface area (Å²) in [4.78, 5) is 0. The number of hydrogen-bond acceptors (Lipinski definition) is 0. The van der Waals surface area contributed by atoms with Crippen molar-refractivity contribution in [1.82, 2.24) is 0 Å². The Morgan fingerprint density at radius 2 is 1.29 bits per heavy atom. The molecule has 0 radical (unpaired) electrons. The van der Waals surface area contributed by atoms with E-state index < -0.39 is 8.07 Å². The zero-order chi connectivity index (χ0) is 15.5. The lowest BCUT2D eigenvalue weighted by molar-refractivity contribution is 0.820. The van der Waals surface area contributed by atoms with Crippen molar-refractivity contribution in [2.45, 2.75) is 38.9 Å². The van der Waals surface area contributed by atoms with Crippen molar-refractivity contribution in [3.05, 3.63) is 62.5 Å². The van der Waals surface area contributed by atoms with Crippen LogP contribution in [0, 0.1) is 0 Å². The Morgan fingerprint density at radius 1 is 0.762 bits per heavy atom. The van der Waals surface area contributed by atoms with Crippen molar-refractivity contribution in [3.8, 4) is 0 Å². The van der Waals surface area contributed by atoms with Crippen LogP contribution in [-0.2, 0) is 12.8 Å². The smallest absolute Gasteiger partial charge is 0.0656 e. The van der Waals surface area contributed by atoms with Gasteiger partial charge in [0.1, 0.15) is 0 Å². The molecule has 0 fully saturated rings. The Balaban J connectivity index is 1.91. The van der Waals surface area contributed by atoms with E-state index in [1.54, 1.807) is 5.19 Å². The zero-order valence-electron chi connectivity index (χ0n) is 12.9. The van der Waals surface area contributed by atoms with Crippen LogP contribution in [0.1, 0.15) is 17.5 Å². The monoisotopic (exact) mass is 424 g/mol. The molecule has 0 spiro atoms. The minimum atomic E-state index is -1.16. The van der Waals surface area contributed by atoms with Gasteiger partial charge in [0.05, 0.1) is 8.07 Å². The maximum absolute atomic E-state index is 3.55.